The van der Waals surface area contributed by atoms with Gasteiger partial charge in [0.2, 0.25) is 0 Å². The van der Waals surface area contributed by atoms with Crippen LogP contribution in [0.15, 0.2) is 18.2 Å². The Bertz CT molecular complexity index is 490. The standard InChI is InChI=1S/C14H20N2O5/c1-20-12-7-10(8-16-6-2-3-14(18)19)4-5-11(12)21-9-13(15)17/h4-5,7,16H,2-3,6,8-9H2,1H3,(H2,15,17)(H,18,19). The lowest BCUT2D eigenvalue weighted by Crippen LogP contribution is -2.20. The summed E-state index contributed by atoms with van der Waals surface area (Å²) in [6, 6.07) is 5.33. The van der Waals surface area contributed by atoms with E-state index < -0.39 is 11.9 Å². The lowest BCUT2D eigenvalue weighted by atomic mass is 10.2. The van der Waals surface area contributed by atoms with Crippen LogP contribution >= 0.6 is 0 Å². The molecule has 0 aliphatic heterocycles. The minimum absolute atomic E-state index is 0.149. The zero-order valence-corrected chi connectivity index (χ0v) is 11.9. The van der Waals surface area contributed by atoms with Gasteiger partial charge >= 0.3 is 5.97 Å². The predicted octanol–water partition coefficient (Wildman–Crippen LogP) is 0.514. The Hall–Kier alpha value is -2.28. The van der Waals surface area contributed by atoms with E-state index in [4.69, 9.17) is 20.3 Å². The van der Waals surface area contributed by atoms with E-state index >= 15 is 0 Å². The quantitative estimate of drug-likeness (QED) is 0.543. The highest BCUT2D eigenvalue weighted by atomic mass is 16.5. The van der Waals surface area contributed by atoms with Crippen molar-refractivity contribution >= 4 is 11.9 Å². The van der Waals surface area contributed by atoms with Crippen molar-refractivity contribution < 1.29 is 24.2 Å². The minimum Gasteiger partial charge on any atom is -0.493 e. The van der Waals surface area contributed by atoms with Gasteiger partial charge in [-0.2, -0.15) is 0 Å². The van der Waals surface area contributed by atoms with Crippen molar-refractivity contribution in [1.29, 1.82) is 0 Å². The highest BCUT2D eigenvalue weighted by molar-refractivity contribution is 5.75. The SMILES string of the molecule is COc1cc(CNCCCC(=O)O)ccc1OCC(N)=O. The molecule has 21 heavy (non-hydrogen) atoms. The molecular formula is C14H20N2O5. The zero-order chi connectivity index (χ0) is 15.7. The van der Waals surface area contributed by atoms with Gasteiger partial charge < -0.3 is 25.6 Å². The summed E-state index contributed by atoms with van der Waals surface area (Å²) >= 11 is 0. The number of benzene rings is 1. The highest BCUT2D eigenvalue weighted by Gasteiger charge is 2.07. The van der Waals surface area contributed by atoms with E-state index in [2.05, 4.69) is 5.32 Å². The number of carboxylic acids is 1. The second kappa shape index (κ2) is 8.80. The molecular weight excluding hydrogens is 276 g/mol. The zero-order valence-electron chi connectivity index (χ0n) is 11.9. The molecule has 0 radical (unpaired) electrons. The number of rotatable bonds is 10. The molecule has 1 aromatic carbocycles. The number of hydrogen-bond acceptors (Lipinski definition) is 5. The Morgan fingerprint density at radius 3 is 2.71 bits per heavy atom. The lowest BCUT2D eigenvalue weighted by Gasteiger charge is -2.11. The second-order valence-electron chi connectivity index (χ2n) is 4.41. The Kier molecular flexibility index (Phi) is 7.03. The van der Waals surface area contributed by atoms with Crippen molar-refractivity contribution in [2.24, 2.45) is 5.73 Å². The largest absolute Gasteiger partial charge is 0.493 e. The molecule has 7 heteroatoms. The third kappa shape index (κ3) is 6.62. The van der Waals surface area contributed by atoms with E-state index in [1.165, 1.54) is 7.11 Å². The Labute approximate surface area is 123 Å². The molecule has 0 atom stereocenters. The molecule has 0 aromatic heterocycles. The van der Waals surface area contributed by atoms with Crippen LogP contribution in [0.5, 0.6) is 11.5 Å². The predicted molar refractivity (Wildman–Crippen MR) is 76.3 cm³/mol. The van der Waals surface area contributed by atoms with Gasteiger partial charge in [0.1, 0.15) is 0 Å². The number of nitrogens with one attached hydrogen (secondary N) is 1. The smallest absolute Gasteiger partial charge is 0.303 e. The summed E-state index contributed by atoms with van der Waals surface area (Å²) in [7, 11) is 1.51. The van der Waals surface area contributed by atoms with Crippen LogP contribution in [0.2, 0.25) is 0 Å². The number of hydrogen-bond donors (Lipinski definition) is 3. The van der Waals surface area contributed by atoms with Gasteiger partial charge in [0.05, 0.1) is 7.11 Å². The Morgan fingerprint density at radius 2 is 2.10 bits per heavy atom. The normalized spacial score (nSPS) is 10.1. The number of methoxy groups -OCH3 is 1. The lowest BCUT2D eigenvalue weighted by molar-refractivity contribution is -0.137. The number of primary amides is 1. The molecule has 0 aliphatic carbocycles. The summed E-state index contributed by atoms with van der Waals surface area (Å²) in [5.41, 5.74) is 5.99. The van der Waals surface area contributed by atoms with Crippen LogP contribution in [-0.4, -0.2) is 37.2 Å². The molecule has 0 aliphatic rings. The summed E-state index contributed by atoms with van der Waals surface area (Å²) in [5, 5.41) is 11.7. The summed E-state index contributed by atoms with van der Waals surface area (Å²) in [4.78, 5) is 21.1. The van der Waals surface area contributed by atoms with Crippen LogP contribution in [-0.2, 0) is 16.1 Å². The molecule has 116 valence electrons. The molecule has 7 nitrogen and oxygen atoms in total. The number of carbonyl (C=O) groups excluding carboxylic acids is 1. The first-order valence-corrected chi connectivity index (χ1v) is 6.53. The second-order valence-corrected chi connectivity index (χ2v) is 4.41. The van der Waals surface area contributed by atoms with Crippen LogP contribution in [0.4, 0.5) is 0 Å². The fourth-order valence-electron chi connectivity index (χ4n) is 1.69. The van der Waals surface area contributed by atoms with E-state index in [-0.39, 0.29) is 13.0 Å². The van der Waals surface area contributed by atoms with E-state index in [9.17, 15) is 9.59 Å². The molecule has 4 N–H and O–H groups in total. The average molecular weight is 296 g/mol. The molecule has 0 heterocycles. The van der Waals surface area contributed by atoms with Gasteiger partial charge in [-0.15, -0.1) is 0 Å². The minimum atomic E-state index is -0.797. The maximum Gasteiger partial charge on any atom is 0.303 e. The van der Waals surface area contributed by atoms with Crippen LogP contribution in [0.25, 0.3) is 0 Å². The number of carboxylic acid groups (broad SMARTS) is 1. The maximum absolute atomic E-state index is 10.7. The Morgan fingerprint density at radius 1 is 1.33 bits per heavy atom. The summed E-state index contributed by atoms with van der Waals surface area (Å²) in [6.07, 6.45) is 0.725. The molecule has 1 amide bonds. The van der Waals surface area contributed by atoms with Gasteiger partial charge in [-0.05, 0) is 30.7 Å². The van der Waals surface area contributed by atoms with Crippen LogP contribution < -0.4 is 20.5 Å². The van der Waals surface area contributed by atoms with Crippen molar-refractivity contribution in [3.05, 3.63) is 23.8 Å². The fraction of sp³-hybridized carbons (Fsp3) is 0.429. The summed E-state index contributed by atoms with van der Waals surface area (Å²) in [6.45, 7) is 1.00. The van der Waals surface area contributed by atoms with Crippen molar-refractivity contribution in [3.63, 3.8) is 0 Å². The summed E-state index contributed by atoms with van der Waals surface area (Å²) < 4.78 is 10.4. The van der Waals surface area contributed by atoms with Crippen molar-refractivity contribution in [3.8, 4) is 11.5 Å². The molecule has 1 aromatic rings. The molecule has 0 unspecified atom stereocenters. The molecule has 0 bridgehead atoms. The van der Waals surface area contributed by atoms with Gasteiger partial charge in [-0.1, -0.05) is 6.07 Å². The number of amides is 1. The first-order chi connectivity index (χ1) is 10.0. The van der Waals surface area contributed by atoms with Crippen molar-refractivity contribution in [1.82, 2.24) is 5.32 Å². The number of carbonyl (C=O) groups is 2. The molecule has 0 fully saturated rings. The topological polar surface area (TPSA) is 111 Å². The van der Waals surface area contributed by atoms with Gasteiger partial charge in [0.25, 0.3) is 5.91 Å². The molecule has 1 rings (SSSR count). The molecule has 0 saturated carbocycles. The fourth-order valence-corrected chi connectivity index (χ4v) is 1.69. The average Bonchev–Trinajstić information content (AvgIpc) is 2.44. The Balaban J connectivity index is 2.49. The third-order valence-corrected chi connectivity index (χ3v) is 2.67. The molecule has 0 spiro atoms. The van der Waals surface area contributed by atoms with E-state index in [0.717, 1.165) is 5.56 Å². The van der Waals surface area contributed by atoms with Gasteiger partial charge in [0, 0.05) is 13.0 Å². The summed E-state index contributed by atoms with van der Waals surface area (Å²) in [5.74, 6) is -0.386. The van der Waals surface area contributed by atoms with Crippen LogP contribution in [0, 0.1) is 0 Å². The maximum atomic E-state index is 10.7. The number of nitrogens with two attached hydrogens (primary N) is 1. The highest BCUT2D eigenvalue weighted by Crippen LogP contribution is 2.27. The van der Waals surface area contributed by atoms with Crippen molar-refractivity contribution in [2.45, 2.75) is 19.4 Å². The number of aliphatic carboxylic acids is 1. The van der Waals surface area contributed by atoms with E-state index in [1.54, 1.807) is 12.1 Å². The van der Waals surface area contributed by atoms with E-state index in [1.807, 2.05) is 6.07 Å². The van der Waals surface area contributed by atoms with Crippen molar-refractivity contribution in [2.75, 3.05) is 20.3 Å². The van der Waals surface area contributed by atoms with E-state index in [0.29, 0.717) is 31.0 Å². The van der Waals surface area contributed by atoms with Crippen LogP contribution in [0.1, 0.15) is 18.4 Å². The third-order valence-electron chi connectivity index (χ3n) is 2.67. The first kappa shape index (κ1) is 16.8. The number of ether oxygens (including phenoxy) is 2. The molecule has 0 saturated heterocycles. The van der Waals surface area contributed by atoms with Gasteiger partial charge in [-0.25, -0.2) is 0 Å². The van der Waals surface area contributed by atoms with Crippen LogP contribution in [0.3, 0.4) is 0 Å². The monoisotopic (exact) mass is 296 g/mol. The van der Waals surface area contributed by atoms with Gasteiger partial charge in [-0.3, -0.25) is 9.59 Å². The van der Waals surface area contributed by atoms with Gasteiger partial charge in [0.15, 0.2) is 18.1 Å². The first-order valence-electron chi connectivity index (χ1n) is 6.53.